The molecular weight excluding hydrogens is 320 g/mol. The molecule has 1 amide bonds. The van der Waals surface area contributed by atoms with Gasteiger partial charge in [-0.3, -0.25) is 9.78 Å². The van der Waals surface area contributed by atoms with Crippen molar-refractivity contribution in [2.75, 3.05) is 12.4 Å². The molecular formula is C18H18N4O3. The zero-order valence-corrected chi connectivity index (χ0v) is 14.1. The van der Waals surface area contributed by atoms with E-state index in [1.54, 1.807) is 36.7 Å². The number of ether oxygens (including phenoxy) is 1. The SMILES string of the molecule is COc1cc(NC(C)=O)ccc1-c1nc(C)c(-c2cccnc2)n1O. The Balaban J connectivity index is 2.10. The number of rotatable bonds is 4. The highest BCUT2D eigenvalue weighted by Crippen LogP contribution is 2.34. The highest BCUT2D eigenvalue weighted by atomic mass is 16.5. The summed E-state index contributed by atoms with van der Waals surface area (Å²) in [5, 5.41) is 13.4. The summed E-state index contributed by atoms with van der Waals surface area (Å²) in [7, 11) is 1.52. The van der Waals surface area contributed by atoms with E-state index in [9.17, 15) is 10.0 Å². The van der Waals surface area contributed by atoms with Gasteiger partial charge in [0.1, 0.15) is 11.4 Å². The summed E-state index contributed by atoms with van der Waals surface area (Å²) < 4.78 is 6.43. The van der Waals surface area contributed by atoms with Crippen LogP contribution >= 0.6 is 0 Å². The molecule has 0 fully saturated rings. The van der Waals surface area contributed by atoms with Gasteiger partial charge in [-0.25, -0.2) is 4.98 Å². The van der Waals surface area contributed by atoms with Gasteiger partial charge in [0.2, 0.25) is 5.91 Å². The van der Waals surface area contributed by atoms with Gasteiger partial charge in [0.05, 0.1) is 18.4 Å². The lowest BCUT2D eigenvalue weighted by atomic mass is 10.1. The Morgan fingerprint density at radius 1 is 1.32 bits per heavy atom. The number of carbonyl (C=O) groups excluding carboxylic acids is 1. The molecule has 7 heteroatoms. The third-order valence-corrected chi connectivity index (χ3v) is 3.73. The quantitative estimate of drug-likeness (QED) is 0.714. The molecule has 3 aromatic rings. The molecule has 2 aromatic heterocycles. The van der Waals surface area contributed by atoms with Crippen LogP contribution in [0.15, 0.2) is 42.7 Å². The van der Waals surface area contributed by atoms with Crippen LogP contribution in [-0.4, -0.2) is 32.9 Å². The van der Waals surface area contributed by atoms with E-state index < -0.39 is 0 Å². The summed E-state index contributed by atoms with van der Waals surface area (Å²) in [5.41, 5.74) is 3.20. The average molecular weight is 338 g/mol. The topological polar surface area (TPSA) is 89.3 Å². The molecule has 2 N–H and O–H groups in total. The minimum atomic E-state index is -0.173. The maximum absolute atomic E-state index is 11.2. The number of imidazole rings is 1. The van der Waals surface area contributed by atoms with Crippen LogP contribution in [0.25, 0.3) is 22.6 Å². The summed E-state index contributed by atoms with van der Waals surface area (Å²) in [5.74, 6) is 0.667. The first-order chi connectivity index (χ1) is 12.0. The van der Waals surface area contributed by atoms with Crippen molar-refractivity contribution < 1.29 is 14.7 Å². The fourth-order valence-electron chi connectivity index (χ4n) is 2.68. The highest BCUT2D eigenvalue weighted by Gasteiger charge is 2.20. The first-order valence-corrected chi connectivity index (χ1v) is 7.66. The molecule has 3 rings (SSSR count). The zero-order chi connectivity index (χ0) is 18.0. The van der Waals surface area contributed by atoms with Crippen LogP contribution in [0.2, 0.25) is 0 Å². The van der Waals surface area contributed by atoms with Crippen LogP contribution in [0.5, 0.6) is 5.75 Å². The summed E-state index contributed by atoms with van der Waals surface area (Å²) in [4.78, 5) is 19.8. The van der Waals surface area contributed by atoms with Crippen molar-refractivity contribution in [2.24, 2.45) is 0 Å². The van der Waals surface area contributed by atoms with Crippen LogP contribution < -0.4 is 10.1 Å². The third kappa shape index (κ3) is 3.16. The second-order valence-electron chi connectivity index (χ2n) is 5.52. The maximum Gasteiger partial charge on any atom is 0.221 e. The first-order valence-electron chi connectivity index (χ1n) is 7.66. The first kappa shape index (κ1) is 16.5. The number of aromatic nitrogens is 3. The Morgan fingerprint density at radius 3 is 2.76 bits per heavy atom. The lowest BCUT2D eigenvalue weighted by molar-refractivity contribution is -0.114. The number of benzene rings is 1. The number of aryl methyl sites for hydroxylation is 1. The van der Waals surface area contributed by atoms with E-state index in [1.807, 2.05) is 13.0 Å². The van der Waals surface area contributed by atoms with Crippen molar-refractivity contribution in [3.8, 4) is 28.4 Å². The molecule has 0 aliphatic carbocycles. The van der Waals surface area contributed by atoms with Gasteiger partial charge in [0, 0.05) is 36.6 Å². The third-order valence-electron chi connectivity index (χ3n) is 3.73. The molecule has 0 unspecified atom stereocenters. The van der Waals surface area contributed by atoms with E-state index in [0.717, 1.165) is 10.3 Å². The lowest BCUT2D eigenvalue weighted by Crippen LogP contribution is -2.06. The van der Waals surface area contributed by atoms with Crippen molar-refractivity contribution in [3.63, 3.8) is 0 Å². The molecule has 2 heterocycles. The number of methoxy groups -OCH3 is 1. The molecule has 25 heavy (non-hydrogen) atoms. The Morgan fingerprint density at radius 2 is 2.12 bits per heavy atom. The zero-order valence-electron chi connectivity index (χ0n) is 14.1. The molecule has 0 atom stereocenters. The second kappa shape index (κ2) is 6.64. The number of hydrogen-bond acceptors (Lipinski definition) is 5. The van der Waals surface area contributed by atoms with Crippen LogP contribution in [0.4, 0.5) is 5.69 Å². The smallest absolute Gasteiger partial charge is 0.221 e. The lowest BCUT2D eigenvalue weighted by Gasteiger charge is -2.11. The minimum absolute atomic E-state index is 0.173. The van der Waals surface area contributed by atoms with Crippen molar-refractivity contribution in [3.05, 3.63) is 48.4 Å². The predicted molar refractivity (Wildman–Crippen MR) is 93.7 cm³/mol. The van der Waals surface area contributed by atoms with Crippen molar-refractivity contribution >= 4 is 11.6 Å². The van der Waals surface area contributed by atoms with Crippen LogP contribution in [0.3, 0.4) is 0 Å². The van der Waals surface area contributed by atoms with Gasteiger partial charge in [0.15, 0.2) is 5.82 Å². The number of pyridine rings is 1. The predicted octanol–water partition coefficient (Wildman–Crippen LogP) is 3.12. The maximum atomic E-state index is 11.2. The van der Waals surface area contributed by atoms with Gasteiger partial charge < -0.3 is 15.3 Å². The molecule has 0 aliphatic rings. The molecule has 0 bridgehead atoms. The number of nitrogens with zero attached hydrogens (tertiary/aromatic N) is 3. The molecule has 0 radical (unpaired) electrons. The van der Waals surface area contributed by atoms with Gasteiger partial charge in [-0.15, -0.1) is 0 Å². The molecule has 0 aliphatic heterocycles. The van der Waals surface area contributed by atoms with Gasteiger partial charge >= 0.3 is 0 Å². The number of amides is 1. The summed E-state index contributed by atoms with van der Waals surface area (Å²) in [6, 6.07) is 8.80. The van der Waals surface area contributed by atoms with E-state index in [0.29, 0.717) is 34.2 Å². The van der Waals surface area contributed by atoms with Crippen molar-refractivity contribution in [1.82, 2.24) is 14.7 Å². The second-order valence-corrected chi connectivity index (χ2v) is 5.52. The number of anilines is 1. The number of hydrogen-bond donors (Lipinski definition) is 2. The van der Waals surface area contributed by atoms with Gasteiger partial charge in [0.25, 0.3) is 0 Å². The molecule has 7 nitrogen and oxygen atoms in total. The highest BCUT2D eigenvalue weighted by molar-refractivity contribution is 5.89. The molecule has 0 saturated carbocycles. The Labute approximate surface area is 144 Å². The van der Waals surface area contributed by atoms with E-state index in [4.69, 9.17) is 4.74 Å². The van der Waals surface area contributed by atoms with Crippen molar-refractivity contribution in [1.29, 1.82) is 0 Å². The Hall–Kier alpha value is -3.35. The van der Waals surface area contributed by atoms with Gasteiger partial charge in [-0.05, 0) is 31.2 Å². The standard InChI is InChI=1S/C18H18N4O3/c1-11-17(13-5-4-8-19-10-13)22(24)18(20-11)15-7-6-14(21-12(2)23)9-16(15)25-3/h4-10,24H,1-3H3,(H,21,23). The summed E-state index contributed by atoms with van der Waals surface area (Å²) in [6.45, 7) is 3.25. The molecule has 0 saturated heterocycles. The Kier molecular flexibility index (Phi) is 4.38. The summed E-state index contributed by atoms with van der Waals surface area (Å²) in [6.07, 6.45) is 3.33. The van der Waals surface area contributed by atoms with Crippen molar-refractivity contribution in [2.45, 2.75) is 13.8 Å². The van der Waals surface area contributed by atoms with E-state index in [2.05, 4.69) is 15.3 Å². The largest absolute Gasteiger partial charge is 0.496 e. The monoisotopic (exact) mass is 338 g/mol. The minimum Gasteiger partial charge on any atom is -0.496 e. The summed E-state index contributed by atoms with van der Waals surface area (Å²) >= 11 is 0. The average Bonchev–Trinajstić information content (AvgIpc) is 2.89. The molecule has 128 valence electrons. The molecule has 0 spiro atoms. The van der Waals surface area contributed by atoms with Crippen LogP contribution in [0, 0.1) is 6.92 Å². The Bertz CT molecular complexity index is 920. The van der Waals surface area contributed by atoms with E-state index >= 15 is 0 Å². The van der Waals surface area contributed by atoms with E-state index in [1.165, 1.54) is 14.0 Å². The van der Waals surface area contributed by atoms with E-state index in [-0.39, 0.29) is 5.91 Å². The fourth-order valence-corrected chi connectivity index (χ4v) is 2.68. The van der Waals surface area contributed by atoms with Gasteiger partial charge in [-0.1, -0.05) is 0 Å². The normalized spacial score (nSPS) is 10.5. The fraction of sp³-hybridized carbons (Fsp3) is 0.167. The number of carbonyl (C=O) groups is 1. The number of nitrogens with one attached hydrogen (secondary N) is 1. The van der Waals surface area contributed by atoms with Crippen LogP contribution in [0.1, 0.15) is 12.6 Å². The molecule has 1 aromatic carbocycles. The van der Waals surface area contributed by atoms with Crippen LogP contribution in [-0.2, 0) is 4.79 Å². The van der Waals surface area contributed by atoms with Gasteiger partial charge in [-0.2, -0.15) is 4.73 Å².